The van der Waals surface area contributed by atoms with E-state index in [1.807, 2.05) is 18.2 Å². The largest absolute Gasteiger partial charge is 0.320 e. The van der Waals surface area contributed by atoms with Gasteiger partial charge in [-0.3, -0.25) is 0 Å². The molecular weight excluding hydrogens is 317 g/mol. The zero-order chi connectivity index (χ0) is 14.7. The molecule has 106 valence electrons. The van der Waals surface area contributed by atoms with Crippen molar-refractivity contribution in [1.82, 2.24) is 0 Å². The minimum Gasteiger partial charge on any atom is -0.320 e. The van der Waals surface area contributed by atoms with E-state index in [-0.39, 0.29) is 5.82 Å². The minimum atomic E-state index is -0.434. The van der Waals surface area contributed by atoms with Gasteiger partial charge in [0.05, 0.1) is 6.04 Å². The molecule has 1 atom stereocenters. The Hall–Kier alpha value is -1.19. The van der Waals surface area contributed by atoms with Crippen LogP contribution in [0.1, 0.15) is 36.6 Å². The molecule has 0 fully saturated rings. The van der Waals surface area contributed by atoms with Crippen molar-refractivity contribution in [3.05, 3.63) is 69.4 Å². The number of hydrogen-bond acceptors (Lipinski definition) is 1. The highest BCUT2D eigenvalue weighted by atomic mass is 79.9. The van der Waals surface area contributed by atoms with E-state index in [9.17, 15) is 4.39 Å². The second-order valence-corrected chi connectivity index (χ2v) is 6.40. The van der Waals surface area contributed by atoms with Gasteiger partial charge in [-0.15, -0.1) is 0 Å². The predicted molar refractivity (Wildman–Crippen MR) is 85.1 cm³/mol. The molecule has 3 heteroatoms. The van der Waals surface area contributed by atoms with Gasteiger partial charge in [-0.1, -0.05) is 60.1 Å². The smallest absolute Gasteiger partial charge is 0.129 e. The SMILES string of the molecule is CC(C)Cc1ccc(C(N)c2ccc(Br)cc2F)cc1. The van der Waals surface area contributed by atoms with Gasteiger partial charge in [0.1, 0.15) is 5.82 Å². The molecule has 0 heterocycles. The molecule has 20 heavy (non-hydrogen) atoms. The molecule has 0 aliphatic carbocycles. The van der Waals surface area contributed by atoms with E-state index in [0.29, 0.717) is 11.5 Å². The highest BCUT2D eigenvalue weighted by molar-refractivity contribution is 9.10. The number of nitrogens with two attached hydrogens (primary N) is 1. The average Bonchev–Trinajstić information content (AvgIpc) is 2.38. The fraction of sp³-hybridized carbons (Fsp3) is 0.294. The molecule has 2 N–H and O–H groups in total. The van der Waals surface area contributed by atoms with E-state index in [4.69, 9.17) is 5.73 Å². The molecule has 1 unspecified atom stereocenters. The zero-order valence-corrected chi connectivity index (χ0v) is 13.3. The van der Waals surface area contributed by atoms with Crippen molar-refractivity contribution < 1.29 is 4.39 Å². The number of halogens is 2. The lowest BCUT2D eigenvalue weighted by Crippen LogP contribution is -2.13. The Kier molecular flexibility index (Phi) is 4.95. The summed E-state index contributed by atoms with van der Waals surface area (Å²) in [5, 5.41) is 0. The first-order chi connectivity index (χ1) is 9.47. The van der Waals surface area contributed by atoms with Crippen molar-refractivity contribution in [2.75, 3.05) is 0 Å². The molecule has 0 aliphatic rings. The molecule has 1 nitrogen and oxygen atoms in total. The van der Waals surface area contributed by atoms with Gasteiger partial charge in [0.2, 0.25) is 0 Å². The molecule has 0 saturated heterocycles. The van der Waals surface area contributed by atoms with Crippen molar-refractivity contribution in [2.45, 2.75) is 26.3 Å². The van der Waals surface area contributed by atoms with Crippen molar-refractivity contribution in [3.8, 4) is 0 Å². The Morgan fingerprint density at radius 1 is 1.10 bits per heavy atom. The summed E-state index contributed by atoms with van der Waals surface area (Å²) in [6.45, 7) is 4.38. The average molecular weight is 336 g/mol. The Morgan fingerprint density at radius 3 is 2.30 bits per heavy atom. The van der Waals surface area contributed by atoms with Crippen LogP contribution >= 0.6 is 15.9 Å². The third-order valence-corrected chi connectivity index (χ3v) is 3.77. The molecule has 2 aromatic carbocycles. The Balaban J connectivity index is 2.22. The van der Waals surface area contributed by atoms with Crippen molar-refractivity contribution in [3.63, 3.8) is 0 Å². The van der Waals surface area contributed by atoms with Crippen LogP contribution in [0.2, 0.25) is 0 Å². The lowest BCUT2D eigenvalue weighted by molar-refractivity contribution is 0.598. The lowest BCUT2D eigenvalue weighted by atomic mass is 9.96. The monoisotopic (exact) mass is 335 g/mol. The van der Waals surface area contributed by atoms with E-state index in [1.54, 1.807) is 6.07 Å². The van der Waals surface area contributed by atoms with Crippen LogP contribution in [0.5, 0.6) is 0 Å². The maximum atomic E-state index is 13.9. The minimum absolute atomic E-state index is 0.280. The summed E-state index contributed by atoms with van der Waals surface area (Å²) in [5.74, 6) is 0.344. The van der Waals surface area contributed by atoms with Crippen LogP contribution in [-0.4, -0.2) is 0 Å². The summed E-state index contributed by atoms with van der Waals surface area (Å²) in [6.07, 6.45) is 1.04. The predicted octanol–water partition coefficient (Wildman–Crippen LogP) is 4.83. The normalized spacial score (nSPS) is 12.7. The highest BCUT2D eigenvalue weighted by Crippen LogP contribution is 2.25. The molecule has 0 spiro atoms. The molecule has 0 aliphatic heterocycles. The van der Waals surface area contributed by atoms with Crippen LogP contribution in [0.25, 0.3) is 0 Å². The van der Waals surface area contributed by atoms with Gasteiger partial charge >= 0.3 is 0 Å². The summed E-state index contributed by atoms with van der Waals surface area (Å²) in [4.78, 5) is 0. The third kappa shape index (κ3) is 3.68. The maximum absolute atomic E-state index is 13.9. The topological polar surface area (TPSA) is 26.0 Å². The number of benzene rings is 2. The lowest BCUT2D eigenvalue weighted by Gasteiger charge is -2.14. The van der Waals surface area contributed by atoms with Crippen LogP contribution in [0, 0.1) is 11.7 Å². The van der Waals surface area contributed by atoms with Crippen LogP contribution in [0.15, 0.2) is 46.9 Å². The van der Waals surface area contributed by atoms with E-state index in [1.165, 1.54) is 11.6 Å². The van der Waals surface area contributed by atoms with Crippen LogP contribution in [0.4, 0.5) is 4.39 Å². The zero-order valence-electron chi connectivity index (χ0n) is 11.7. The molecule has 0 bridgehead atoms. The molecule has 0 aromatic heterocycles. The van der Waals surface area contributed by atoms with E-state index in [0.717, 1.165) is 16.5 Å². The quantitative estimate of drug-likeness (QED) is 0.850. The van der Waals surface area contributed by atoms with Crippen LogP contribution < -0.4 is 5.73 Å². The maximum Gasteiger partial charge on any atom is 0.129 e. The van der Waals surface area contributed by atoms with Crippen molar-refractivity contribution in [1.29, 1.82) is 0 Å². The Labute approximate surface area is 128 Å². The van der Waals surface area contributed by atoms with Gasteiger partial charge in [-0.05, 0) is 35.6 Å². The molecule has 2 rings (SSSR count). The first-order valence-electron chi connectivity index (χ1n) is 6.76. The standard InChI is InChI=1S/C17H19BrFN/c1-11(2)9-12-3-5-13(6-4-12)17(20)15-8-7-14(18)10-16(15)19/h3-8,10-11,17H,9,20H2,1-2H3. The van der Waals surface area contributed by atoms with Gasteiger partial charge in [-0.2, -0.15) is 0 Å². The molecule has 0 radical (unpaired) electrons. The van der Waals surface area contributed by atoms with Gasteiger partial charge in [0.25, 0.3) is 0 Å². The summed E-state index contributed by atoms with van der Waals surface area (Å²) < 4.78 is 14.6. The van der Waals surface area contributed by atoms with E-state index >= 15 is 0 Å². The fourth-order valence-corrected chi connectivity index (χ4v) is 2.60. The Bertz CT molecular complexity index is 578. The molecule has 0 amide bonds. The molecule has 2 aromatic rings. The summed E-state index contributed by atoms with van der Waals surface area (Å²) in [7, 11) is 0. The summed E-state index contributed by atoms with van der Waals surface area (Å²) in [6, 6.07) is 12.7. The van der Waals surface area contributed by atoms with E-state index in [2.05, 4.69) is 41.9 Å². The van der Waals surface area contributed by atoms with Gasteiger partial charge in [-0.25, -0.2) is 4.39 Å². The highest BCUT2D eigenvalue weighted by Gasteiger charge is 2.13. The second-order valence-electron chi connectivity index (χ2n) is 5.48. The first-order valence-corrected chi connectivity index (χ1v) is 7.56. The summed E-state index contributed by atoms with van der Waals surface area (Å²) >= 11 is 3.25. The van der Waals surface area contributed by atoms with Crippen LogP contribution in [0.3, 0.4) is 0 Å². The van der Waals surface area contributed by atoms with Crippen molar-refractivity contribution >= 4 is 15.9 Å². The fourth-order valence-electron chi connectivity index (χ4n) is 2.27. The third-order valence-electron chi connectivity index (χ3n) is 3.28. The van der Waals surface area contributed by atoms with Gasteiger partial charge in [0.15, 0.2) is 0 Å². The summed E-state index contributed by atoms with van der Waals surface area (Å²) in [5.41, 5.74) is 8.90. The number of hydrogen-bond donors (Lipinski definition) is 1. The first kappa shape index (κ1) is 15.2. The Morgan fingerprint density at radius 2 is 1.75 bits per heavy atom. The van der Waals surface area contributed by atoms with Gasteiger partial charge < -0.3 is 5.73 Å². The molecule has 0 saturated carbocycles. The van der Waals surface area contributed by atoms with Crippen molar-refractivity contribution in [2.24, 2.45) is 11.7 Å². The van der Waals surface area contributed by atoms with E-state index < -0.39 is 6.04 Å². The number of rotatable bonds is 4. The molecular formula is C17H19BrFN. The van der Waals surface area contributed by atoms with Gasteiger partial charge in [0, 0.05) is 10.0 Å². The van der Waals surface area contributed by atoms with Crippen LogP contribution in [-0.2, 0) is 6.42 Å². The second kappa shape index (κ2) is 6.51.